The zero-order valence-corrected chi connectivity index (χ0v) is 16.0. The number of benzene rings is 1. The van der Waals surface area contributed by atoms with Gasteiger partial charge in [-0.25, -0.2) is 0 Å². The third kappa shape index (κ3) is 6.45. The first-order valence-corrected chi connectivity index (χ1v) is 9.79. The van der Waals surface area contributed by atoms with Gasteiger partial charge >= 0.3 is 5.97 Å². The van der Waals surface area contributed by atoms with Crippen LogP contribution in [0.3, 0.4) is 0 Å². The third-order valence-electron chi connectivity index (χ3n) is 5.24. The van der Waals surface area contributed by atoms with Crippen LogP contribution in [0, 0.1) is 5.92 Å². The summed E-state index contributed by atoms with van der Waals surface area (Å²) in [5.74, 6) is -1.33. The van der Waals surface area contributed by atoms with E-state index in [1.54, 1.807) is 6.92 Å². The van der Waals surface area contributed by atoms with E-state index < -0.39 is 11.9 Å². The lowest BCUT2D eigenvalue weighted by Gasteiger charge is -2.26. The number of carbonyl (C=O) groups excluding carboxylic acids is 1. The van der Waals surface area contributed by atoms with E-state index in [1.807, 2.05) is 31.2 Å². The molecule has 1 aliphatic heterocycles. The number of aliphatic carboxylic acids is 1. The molecule has 0 saturated carbocycles. The van der Waals surface area contributed by atoms with E-state index in [2.05, 4.69) is 10.2 Å². The molecule has 1 fully saturated rings. The second kappa shape index (κ2) is 10.3. The minimum absolute atomic E-state index is 0.0512. The maximum absolute atomic E-state index is 12.3. The van der Waals surface area contributed by atoms with Crippen LogP contribution in [-0.2, 0) is 16.0 Å². The number of nitrogens with zero attached hydrogens (tertiary/aromatic N) is 1. The molecule has 1 aromatic carbocycles. The third-order valence-corrected chi connectivity index (χ3v) is 5.24. The number of amides is 1. The van der Waals surface area contributed by atoms with Crippen molar-refractivity contribution >= 4 is 11.9 Å². The van der Waals surface area contributed by atoms with Gasteiger partial charge in [0.1, 0.15) is 0 Å². The van der Waals surface area contributed by atoms with Gasteiger partial charge in [0, 0.05) is 6.54 Å². The Bertz CT molecular complexity index is 579. The molecule has 0 aliphatic carbocycles. The fourth-order valence-corrected chi connectivity index (χ4v) is 3.38. The van der Waals surface area contributed by atoms with Gasteiger partial charge in [-0.15, -0.1) is 0 Å². The van der Waals surface area contributed by atoms with Crippen molar-refractivity contribution in [2.45, 2.75) is 51.9 Å². The van der Waals surface area contributed by atoms with Crippen molar-refractivity contribution in [1.29, 1.82) is 0 Å². The highest BCUT2D eigenvalue weighted by atomic mass is 16.4. The van der Waals surface area contributed by atoms with Gasteiger partial charge in [0.25, 0.3) is 0 Å². The van der Waals surface area contributed by atoms with Crippen LogP contribution in [0.25, 0.3) is 0 Å². The molecule has 5 heteroatoms. The van der Waals surface area contributed by atoms with Gasteiger partial charge in [-0.1, -0.05) is 37.6 Å². The summed E-state index contributed by atoms with van der Waals surface area (Å²) in [4.78, 5) is 25.8. The van der Waals surface area contributed by atoms with Crippen LogP contribution < -0.4 is 5.32 Å². The number of nitrogens with one attached hydrogen (secondary N) is 1. The average molecular weight is 360 g/mol. The predicted octanol–water partition coefficient (Wildman–Crippen LogP) is 3.05. The topological polar surface area (TPSA) is 69.6 Å². The number of hydrogen-bond acceptors (Lipinski definition) is 3. The van der Waals surface area contributed by atoms with Gasteiger partial charge in [0.05, 0.1) is 11.8 Å². The molecule has 1 saturated heterocycles. The molecule has 144 valence electrons. The van der Waals surface area contributed by atoms with E-state index >= 15 is 0 Å². The molecule has 26 heavy (non-hydrogen) atoms. The first-order valence-electron chi connectivity index (χ1n) is 9.79. The highest BCUT2D eigenvalue weighted by Gasteiger charge is 2.16. The molecule has 1 heterocycles. The molecular formula is C21H32N2O3. The molecule has 2 atom stereocenters. The maximum atomic E-state index is 12.3. The van der Waals surface area contributed by atoms with Gasteiger partial charge in [-0.3, -0.25) is 9.59 Å². The summed E-state index contributed by atoms with van der Waals surface area (Å²) < 4.78 is 0. The number of piperidine rings is 1. The molecule has 2 N–H and O–H groups in total. The summed E-state index contributed by atoms with van der Waals surface area (Å²) in [6, 6.07) is 7.72. The van der Waals surface area contributed by atoms with Crippen molar-refractivity contribution in [2.75, 3.05) is 26.2 Å². The molecule has 1 unspecified atom stereocenters. The lowest BCUT2D eigenvalue weighted by Crippen LogP contribution is -2.34. The Morgan fingerprint density at radius 2 is 1.77 bits per heavy atom. The molecule has 1 aliphatic rings. The number of carbonyl (C=O) groups is 2. The number of carboxylic acid groups (broad SMARTS) is 1. The number of likely N-dealkylation sites (tertiary alicyclic amines) is 1. The van der Waals surface area contributed by atoms with Crippen LogP contribution in [0.2, 0.25) is 0 Å². The van der Waals surface area contributed by atoms with Gasteiger partial charge in [-0.05, 0) is 63.4 Å². The summed E-state index contributed by atoms with van der Waals surface area (Å²) in [6.07, 6.45) is 5.44. The van der Waals surface area contributed by atoms with Crippen molar-refractivity contribution in [3.63, 3.8) is 0 Å². The van der Waals surface area contributed by atoms with Gasteiger partial charge in [0.2, 0.25) is 5.91 Å². The van der Waals surface area contributed by atoms with E-state index in [0.29, 0.717) is 13.0 Å². The highest BCUT2D eigenvalue weighted by molar-refractivity contribution is 5.83. The quantitative estimate of drug-likeness (QED) is 0.664. The summed E-state index contributed by atoms with van der Waals surface area (Å²) in [5, 5.41) is 12.0. The predicted molar refractivity (Wildman–Crippen MR) is 103 cm³/mol. The van der Waals surface area contributed by atoms with Gasteiger partial charge in [0.15, 0.2) is 0 Å². The summed E-state index contributed by atoms with van der Waals surface area (Å²) in [5.41, 5.74) is 1.95. The average Bonchev–Trinajstić information content (AvgIpc) is 2.65. The molecule has 0 bridgehead atoms. The van der Waals surface area contributed by atoms with E-state index in [4.69, 9.17) is 5.11 Å². The fraction of sp³-hybridized carbons (Fsp3) is 0.619. The molecule has 0 radical (unpaired) electrons. The Hall–Kier alpha value is -1.88. The first-order chi connectivity index (χ1) is 12.5. The molecule has 0 aromatic heterocycles. The monoisotopic (exact) mass is 360 g/mol. The van der Waals surface area contributed by atoms with E-state index in [9.17, 15) is 9.59 Å². The van der Waals surface area contributed by atoms with Crippen LogP contribution in [0.15, 0.2) is 24.3 Å². The SMILES string of the molecule is CC(Cc1ccc([C@@H](C)C(=O)NCCCN2CCCCC2)cc1)C(=O)O. The lowest BCUT2D eigenvalue weighted by molar-refractivity contribution is -0.141. The van der Waals surface area contributed by atoms with E-state index in [1.165, 1.54) is 32.4 Å². The second-order valence-corrected chi connectivity index (χ2v) is 7.45. The van der Waals surface area contributed by atoms with Crippen molar-refractivity contribution < 1.29 is 14.7 Å². The van der Waals surface area contributed by atoms with Crippen LogP contribution in [-0.4, -0.2) is 48.1 Å². The zero-order valence-electron chi connectivity index (χ0n) is 16.0. The molecule has 1 amide bonds. The minimum Gasteiger partial charge on any atom is -0.481 e. The first kappa shape index (κ1) is 20.4. The van der Waals surface area contributed by atoms with Crippen molar-refractivity contribution in [1.82, 2.24) is 10.2 Å². The molecule has 5 nitrogen and oxygen atoms in total. The Morgan fingerprint density at radius 1 is 1.12 bits per heavy atom. The summed E-state index contributed by atoms with van der Waals surface area (Å²) >= 11 is 0. The number of rotatable bonds is 9. The van der Waals surface area contributed by atoms with Crippen LogP contribution in [0.4, 0.5) is 0 Å². The van der Waals surface area contributed by atoms with Gasteiger partial charge in [-0.2, -0.15) is 0 Å². The summed E-state index contributed by atoms with van der Waals surface area (Å²) in [6.45, 7) is 7.78. The fourth-order valence-electron chi connectivity index (χ4n) is 3.38. The molecule has 0 spiro atoms. The largest absolute Gasteiger partial charge is 0.481 e. The van der Waals surface area contributed by atoms with Crippen molar-refractivity contribution in [3.8, 4) is 0 Å². The minimum atomic E-state index is -0.786. The Morgan fingerprint density at radius 3 is 2.38 bits per heavy atom. The highest BCUT2D eigenvalue weighted by Crippen LogP contribution is 2.18. The van der Waals surface area contributed by atoms with Crippen molar-refractivity contribution in [2.24, 2.45) is 5.92 Å². The molecule has 2 rings (SSSR count). The maximum Gasteiger partial charge on any atom is 0.306 e. The van der Waals surface area contributed by atoms with E-state index in [-0.39, 0.29) is 11.8 Å². The van der Waals surface area contributed by atoms with Crippen LogP contribution in [0.5, 0.6) is 0 Å². The normalized spacial score (nSPS) is 17.5. The van der Waals surface area contributed by atoms with Gasteiger partial charge < -0.3 is 15.3 Å². The van der Waals surface area contributed by atoms with Crippen LogP contribution in [0.1, 0.15) is 56.6 Å². The van der Waals surface area contributed by atoms with Crippen molar-refractivity contribution in [3.05, 3.63) is 35.4 Å². The smallest absolute Gasteiger partial charge is 0.306 e. The molecular weight excluding hydrogens is 328 g/mol. The molecule has 1 aromatic rings. The number of carboxylic acids is 1. The Balaban J connectivity index is 1.73. The standard InChI is InChI=1S/C21H32N2O3/c1-16(21(25)26)15-18-7-9-19(10-8-18)17(2)20(24)22-11-6-14-23-12-4-3-5-13-23/h7-10,16-17H,3-6,11-15H2,1-2H3,(H,22,24)(H,25,26)/t16?,17-/m1/s1. The summed E-state index contributed by atoms with van der Waals surface area (Å²) in [7, 11) is 0. The number of hydrogen-bond donors (Lipinski definition) is 2. The zero-order chi connectivity index (χ0) is 18.9. The Kier molecular flexibility index (Phi) is 8.10. The van der Waals surface area contributed by atoms with Crippen LogP contribution >= 0.6 is 0 Å². The second-order valence-electron chi connectivity index (χ2n) is 7.45. The lowest BCUT2D eigenvalue weighted by atomic mass is 9.96. The Labute approximate surface area is 156 Å². The van der Waals surface area contributed by atoms with E-state index in [0.717, 1.165) is 24.1 Å².